The SMILES string of the molecule is CCCc1cc(C2C=[N+](C)C(C(=O)N3CCN(C(=O)C4(O)CC4)CC3)CC2)ccc1C. The number of likely N-dealkylation sites (N-methyl/N-ethyl adjacent to an activating group) is 1. The molecule has 1 aromatic carbocycles. The van der Waals surface area contributed by atoms with E-state index < -0.39 is 5.60 Å². The topological polar surface area (TPSA) is 63.9 Å². The first-order valence-corrected chi connectivity index (χ1v) is 11.8. The highest BCUT2D eigenvalue weighted by molar-refractivity contribution is 5.88. The predicted molar refractivity (Wildman–Crippen MR) is 121 cm³/mol. The number of rotatable bonds is 5. The minimum Gasteiger partial charge on any atom is -0.380 e. The number of piperazine rings is 1. The zero-order valence-electron chi connectivity index (χ0n) is 19.1. The van der Waals surface area contributed by atoms with Crippen molar-refractivity contribution in [1.82, 2.24) is 9.80 Å². The molecule has 2 amide bonds. The first-order chi connectivity index (χ1) is 14.8. The van der Waals surface area contributed by atoms with E-state index in [-0.39, 0.29) is 17.9 Å². The fraction of sp³-hybridized carbons (Fsp3) is 0.640. The molecule has 1 N–H and O–H groups in total. The van der Waals surface area contributed by atoms with Gasteiger partial charge in [-0.25, -0.2) is 4.58 Å². The van der Waals surface area contributed by atoms with Gasteiger partial charge in [0.15, 0.2) is 0 Å². The molecule has 0 spiro atoms. The summed E-state index contributed by atoms with van der Waals surface area (Å²) in [5, 5.41) is 10.1. The van der Waals surface area contributed by atoms with E-state index in [1.165, 1.54) is 16.7 Å². The van der Waals surface area contributed by atoms with Crippen LogP contribution in [0.25, 0.3) is 0 Å². The van der Waals surface area contributed by atoms with Crippen LogP contribution in [0.4, 0.5) is 0 Å². The van der Waals surface area contributed by atoms with Gasteiger partial charge in [0.05, 0.1) is 5.92 Å². The molecule has 2 fully saturated rings. The highest BCUT2D eigenvalue weighted by Crippen LogP contribution is 2.37. The Bertz CT molecular complexity index is 882. The lowest BCUT2D eigenvalue weighted by Gasteiger charge is -2.37. The standard InChI is InChI=1S/C25H36N3O3/c1-4-5-19-16-20(7-6-18(19)2)21-8-9-22(26(3)17-21)23(29)27-12-14-28(15-13-27)24(30)25(31)10-11-25/h6-7,16-17,21-22,31H,4-5,8-15H2,1-3H3/q+1. The van der Waals surface area contributed by atoms with Crippen LogP contribution in [-0.4, -0.2) is 82.4 Å². The van der Waals surface area contributed by atoms with E-state index in [1.54, 1.807) is 4.90 Å². The average molecular weight is 427 g/mol. The lowest BCUT2D eigenvalue weighted by atomic mass is 9.87. The summed E-state index contributed by atoms with van der Waals surface area (Å²) < 4.78 is 2.10. The highest BCUT2D eigenvalue weighted by Gasteiger charge is 2.50. The van der Waals surface area contributed by atoms with Gasteiger partial charge in [0.25, 0.3) is 11.8 Å². The second-order valence-electron chi connectivity index (χ2n) is 9.60. The number of aliphatic hydroxyl groups is 1. The molecular formula is C25H36N3O3+. The highest BCUT2D eigenvalue weighted by atomic mass is 16.3. The lowest BCUT2D eigenvalue weighted by molar-refractivity contribution is -0.527. The van der Waals surface area contributed by atoms with E-state index in [4.69, 9.17) is 0 Å². The third-order valence-corrected chi connectivity index (χ3v) is 7.26. The van der Waals surface area contributed by atoms with Crippen LogP contribution in [0.1, 0.15) is 61.6 Å². The van der Waals surface area contributed by atoms with E-state index in [1.807, 2.05) is 11.9 Å². The van der Waals surface area contributed by atoms with Crippen molar-refractivity contribution in [2.75, 3.05) is 33.2 Å². The number of nitrogens with zero attached hydrogens (tertiary/aromatic N) is 3. The summed E-state index contributed by atoms with van der Waals surface area (Å²) in [6, 6.07) is 6.67. The van der Waals surface area contributed by atoms with Crippen molar-refractivity contribution < 1.29 is 19.3 Å². The van der Waals surface area contributed by atoms with Gasteiger partial charge in [-0.3, -0.25) is 9.59 Å². The molecule has 2 atom stereocenters. The molecule has 1 saturated carbocycles. The molecule has 4 rings (SSSR count). The van der Waals surface area contributed by atoms with E-state index >= 15 is 0 Å². The maximum atomic E-state index is 13.2. The van der Waals surface area contributed by atoms with Crippen molar-refractivity contribution >= 4 is 18.0 Å². The summed E-state index contributed by atoms with van der Waals surface area (Å²) in [6.45, 7) is 6.52. The molecule has 0 bridgehead atoms. The molecule has 3 aliphatic rings. The Morgan fingerprint density at radius 2 is 1.81 bits per heavy atom. The molecule has 1 saturated heterocycles. The van der Waals surface area contributed by atoms with Crippen LogP contribution in [0.3, 0.4) is 0 Å². The number of aryl methyl sites for hydroxylation is 2. The summed E-state index contributed by atoms with van der Waals surface area (Å²) >= 11 is 0. The predicted octanol–water partition coefficient (Wildman–Crippen LogP) is 2.10. The molecule has 6 nitrogen and oxygen atoms in total. The Kier molecular flexibility index (Phi) is 6.20. The van der Waals surface area contributed by atoms with Crippen molar-refractivity contribution in [3.8, 4) is 0 Å². The summed E-state index contributed by atoms with van der Waals surface area (Å²) in [5.74, 6) is 0.343. The number of carbonyl (C=O) groups excluding carboxylic acids is 2. The molecule has 1 aliphatic carbocycles. The van der Waals surface area contributed by atoms with E-state index in [2.05, 4.69) is 42.8 Å². The molecule has 6 heteroatoms. The zero-order chi connectivity index (χ0) is 22.2. The van der Waals surface area contributed by atoms with Crippen molar-refractivity contribution in [2.45, 2.75) is 69.9 Å². The number of hydrogen-bond donors (Lipinski definition) is 1. The Labute approximate surface area is 185 Å². The van der Waals surface area contributed by atoms with E-state index in [9.17, 15) is 14.7 Å². The van der Waals surface area contributed by atoms with Crippen molar-refractivity contribution in [3.63, 3.8) is 0 Å². The third-order valence-electron chi connectivity index (χ3n) is 7.26. The second-order valence-corrected chi connectivity index (χ2v) is 9.60. The lowest BCUT2D eigenvalue weighted by Crippen LogP contribution is -2.56. The first-order valence-electron chi connectivity index (χ1n) is 11.8. The van der Waals surface area contributed by atoms with Crippen LogP contribution in [0.5, 0.6) is 0 Å². The average Bonchev–Trinajstić information content (AvgIpc) is 3.53. The second kappa shape index (κ2) is 8.73. The van der Waals surface area contributed by atoms with Crippen LogP contribution >= 0.6 is 0 Å². The monoisotopic (exact) mass is 426 g/mol. The molecule has 2 heterocycles. The van der Waals surface area contributed by atoms with Gasteiger partial charge >= 0.3 is 0 Å². The van der Waals surface area contributed by atoms with Crippen LogP contribution in [-0.2, 0) is 16.0 Å². The zero-order valence-corrected chi connectivity index (χ0v) is 19.1. The summed E-state index contributed by atoms with van der Waals surface area (Å²) in [4.78, 5) is 29.1. The van der Waals surface area contributed by atoms with E-state index in [0.717, 1.165) is 25.7 Å². The molecule has 31 heavy (non-hydrogen) atoms. The maximum Gasteiger partial charge on any atom is 0.291 e. The summed E-state index contributed by atoms with van der Waals surface area (Å²) in [7, 11) is 2.01. The van der Waals surface area contributed by atoms with Gasteiger partial charge in [0.1, 0.15) is 18.9 Å². The Morgan fingerprint density at radius 3 is 2.42 bits per heavy atom. The number of hydrogen-bond acceptors (Lipinski definition) is 3. The molecular weight excluding hydrogens is 390 g/mol. The largest absolute Gasteiger partial charge is 0.380 e. The number of benzene rings is 1. The van der Waals surface area contributed by atoms with Crippen LogP contribution in [0, 0.1) is 6.92 Å². The van der Waals surface area contributed by atoms with Crippen LogP contribution in [0.15, 0.2) is 18.2 Å². The Hall–Kier alpha value is -2.21. The fourth-order valence-corrected chi connectivity index (χ4v) is 4.98. The summed E-state index contributed by atoms with van der Waals surface area (Å²) in [5.41, 5.74) is 3.01. The van der Waals surface area contributed by atoms with Crippen molar-refractivity contribution in [2.24, 2.45) is 0 Å². The minimum absolute atomic E-state index is 0.133. The quantitative estimate of drug-likeness (QED) is 0.734. The number of carbonyl (C=O) groups is 2. The van der Waals surface area contributed by atoms with Gasteiger partial charge in [0, 0.05) is 32.6 Å². The van der Waals surface area contributed by atoms with Crippen LogP contribution < -0.4 is 0 Å². The fourth-order valence-electron chi connectivity index (χ4n) is 4.98. The van der Waals surface area contributed by atoms with Crippen molar-refractivity contribution in [3.05, 3.63) is 34.9 Å². The smallest absolute Gasteiger partial charge is 0.291 e. The number of amides is 2. The molecule has 2 unspecified atom stereocenters. The Balaban J connectivity index is 1.38. The van der Waals surface area contributed by atoms with Gasteiger partial charge < -0.3 is 14.9 Å². The van der Waals surface area contributed by atoms with Crippen LogP contribution in [0.2, 0.25) is 0 Å². The van der Waals surface area contributed by atoms with Gasteiger partial charge in [-0.1, -0.05) is 31.5 Å². The molecule has 2 aliphatic heterocycles. The molecule has 0 radical (unpaired) electrons. The molecule has 0 aromatic heterocycles. The minimum atomic E-state index is -1.12. The third kappa shape index (κ3) is 4.54. The normalized spacial score (nSPS) is 25.2. The summed E-state index contributed by atoms with van der Waals surface area (Å²) in [6.07, 6.45) is 7.41. The molecule has 1 aromatic rings. The van der Waals surface area contributed by atoms with Gasteiger partial charge in [-0.05, 0) is 49.3 Å². The first kappa shape index (κ1) is 22.0. The Morgan fingerprint density at radius 1 is 1.13 bits per heavy atom. The molecule has 168 valence electrons. The van der Waals surface area contributed by atoms with E-state index in [0.29, 0.717) is 44.9 Å². The van der Waals surface area contributed by atoms with Gasteiger partial charge in [0.2, 0.25) is 6.04 Å². The maximum absolute atomic E-state index is 13.2. The van der Waals surface area contributed by atoms with Crippen molar-refractivity contribution in [1.29, 1.82) is 0 Å². The van der Waals surface area contributed by atoms with Gasteiger partial charge in [-0.2, -0.15) is 0 Å². The van der Waals surface area contributed by atoms with Gasteiger partial charge in [-0.15, -0.1) is 0 Å².